The van der Waals surface area contributed by atoms with Crippen molar-refractivity contribution in [2.75, 3.05) is 38.6 Å². The molecule has 1 amide bonds. The Bertz CT molecular complexity index is 835. The number of ether oxygens (including phenoxy) is 1. The number of anilines is 1. The molecule has 0 saturated carbocycles. The first kappa shape index (κ1) is 19.0. The molecule has 4 rings (SSSR count). The topological polar surface area (TPSA) is 83.7 Å². The number of nitrogens with one attached hydrogen (secondary N) is 1. The lowest BCUT2D eigenvalue weighted by molar-refractivity contribution is -0.133. The third-order valence-electron chi connectivity index (χ3n) is 5.86. The number of aromatic nitrogens is 1. The van der Waals surface area contributed by atoms with Gasteiger partial charge in [0.2, 0.25) is 5.91 Å². The predicted octanol–water partition coefficient (Wildman–Crippen LogP) is 2.03. The first-order valence-corrected chi connectivity index (χ1v) is 10.1. The summed E-state index contributed by atoms with van der Waals surface area (Å²) in [5.74, 6) is 0.972. The quantitative estimate of drug-likeness (QED) is 0.822. The number of likely N-dealkylation sites (tertiary alicyclic amines) is 2. The molecule has 0 radical (unpaired) electrons. The molecule has 0 aliphatic carbocycles. The normalized spacial score (nSPS) is 21.2. The SMILES string of the molecule is COc1cc(NC2CCN(CC(=O)N3CCC[C@H]3N)CC2)c2cccnc2c1. The Labute approximate surface area is 165 Å². The minimum Gasteiger partial charge on any atom is -0.497 e. The van der Waals surface area contributed by atoms with Crippen LogP contribution in [0.1, 0.15) is 25.7 Å². The molecule has 1 aromatic carbocycles. The van der Waals surface area contributed by atoms with Crippen LogP contribution in [0, 0.1) is 0 Å². The number of benzene rings is 1. The van der Waals surface area contributed by atoms with Gasteiger partial charge in [-0.3, -0.25) is 14.7 Å². The van der Waals surface area contributed by atoms with Crippen molar-refractivity contribution in [3.8, 4) is 5.75 Å². The number of carbonyl (C=O) groups excluding carboxylic acids is 1. The molecule has 0 bridgehead atoms. The average Bonchev–Trinajstić information content (AvgIpc) is 3.15. The molecule has 2 aliphatic heterocycles. The molecule has 1 aromatic heterocycles. The lowest BCUT2D eigenvalue weighted by atomic mass is 10.0. The van der Waals surface area contributed by atoms with Gasteiger partial charge in [0, 0.05) is 55.1 Å². The molecule has 7 nitrogen and oxygen atoms in total. The van der Waals surface area contributed by atoms with E-state index in [2.05, 4.69) is 21.3 Å². The fourth-order valence-corrected chi connectivity index (χ4v) is 4.23. The lowest BCUT2D eigenvalue weighted by Gasteiger charge is -2.34. The summed E-state index contributed by atoms with van der Waals surface area (Å²) in [6, 6.07) is 8.40. The van der Waals surface area contributed by atoms with Gasteiger partial charge >= 0.3 is 0 Å². The number of piperidine rings is 1. The number of methoxy groups -OCH3 is 1. The Hall–Kier alpha value is -2.38. The van der Waals surface area contributed by atoms with Crippen molar-refractivity contribution < 1.29 is 9.53 Å². The molecular formula is C21H29N5O2. The number of hydrogen-bond acceptors (Lipinski definition) is 6. The maximum atomic E-state index is 12.5. The molecule has 3 N–H and O–H groups in total. The summed E-state index contributed by atoms with van der Waals surface area (Å²) in [5, 5.41) is 4.77. The van der Waals surface area contributed by atoms with Gasteiger partial charge in [-0.15, -0.1) is 0 Å². The smallest absolute Gasteiger partial charge is 0.237 e. The van der Waals surface area contributed by atoms with Crippen LogP contribution in [0.2, 0.25) is 0 Å². The fraction of sp³-hybridized carbons (Fsp3) is 0.524. The van der Waals surface area contributed by atoms with E-state index >= 15 is 0 Å². The first-order chi connectivity index (χ1) is 13.6. The van der Waals surface area contributed by atoms with Gasteiger partial charge < -0.3 is 20.7 Å². The second-order valence-electron chi connectivity index (χ2n) is 7.74. The summed E-state index contributed by atoms with van der Waals surface area (Å²) in [4.78, 5) is 21.0. The second-order valence-corrected chi connectivity index (χ2v) is 7.74. The van der Waals surface area contributed by atoms with Gasteiger partial charge in [0.05, 0.1) is 25.3 Å². The highest BCUT2D eigenvalue weighted by atomic mass is 16.5. The first-order valence-electron chi connectivity index (χ1n) is 10.1. The summed E-state index contributed by atoms with van der Waals surface area (Å²) in [7, 11) is 1.68. The number of amides is 1. The van der Waals surface area contributed by atoms with Gasteiger partial charge in [-0.05, 0) is 37.8 Å². The van der Waals surface area contributed by atoms with Crippen LogP contribution in [0.3, 0.4) is 0 Å². The van der Waals surface area contributed by atoms with E-state index in [1.807, 2.05) is 23.1 Å². The van der Waals surface area contributed by atoms with E-state index in [0.29, 0.717) is 12.6 Å². The van der Waals surface area contributed by atoms with E-state index in [1.54, 1.807) is 13.3 Å². The maximum Gasteiger partial charge on any atom is 0.237 e. The lowest BCUT2D eigenvalue weighted by Crippen LogP contribution is -2.48. The van der Waals surface area contributed by atoms with E-state index in [9.17, 15) is 4.79 Å². The Balaban J connectivity index is 1.36. The molecule has 0 unspecified atom stereocenters. The van der Waals surface area contributed by atoms with Crippen molar-refractivity contribution in [3.05, 3.63) is 30.5 Å². The highest BCUT2D eigenvalue weighted by Gasteiger charge is 2.28. The van der Waals surface area contributed by atoms with E-state index in [4.69, 9.17) is 10.5 Å². The van der Waals surface area contributed by atoms with Gasteiger partial charge in [0.25, 0.3) is 0 Å². The van der Waals surface area contributed by atoms with Crippen molar-refractivity contribution in [1.82, 2.24) is 14.8 Å². The van der Waals surface area contributed by atoms with Crippen LogP contribution < -0.4 is 15.8 Å². The standard InChI is InChI=1S/C21H29N5O2/c1-28-16-12-18-17(4-2-8-23-18)19(13-16)24-15-6-10-25(11-7-15)14-21(27)26-9-3-5-20(26)22/h2,4,8,12-13,15,20,24H,3,5-7,9-11,14,22H2,1H3/t20-/m0/s1. The molecular weight excluding hydrogens is 354 g/mol. The number of nitrogens with two attached hydrogens (primary N) is 1. The van der Waals surface area contributed by atoms with Crippen molar-refractivity contribution >= 4 is 22.5 Å². The minimum atomic E-state index is -0.0957. The predicted molar refractivity (Wildman–Crippen MR) is 110 cm³/mol. The Kier molecular flexibility index (Phi) is 5.64. The molecule has 28 heavy (non-hydrogen) atoms. The summed E-state index contributed by atoms with van der Waals surface area (Å²) < 4.78 is 5.43. The zero-order valence-corrected chi connectivity index (χ0v) is 16.4. The molecule has 1 atom stereocenters. The molecule has 2 aromatic rings. The second kappa shape index (κ2) is 8.32. The summed E-state index contributed by atoms with van der Waals surface area (Å²) in [5.41, 5.74) is 8.00. The van der Waals surface area contributed by atoms with Crippen molar-refractivity contribution in [2.45, 2.75) is 37.9 Å². The molecule has 0 spiro atoms. The van der Waals surface area contributed by atoms with Crippen LogP contribution in [0.25, 0.3) is 10.9 Å². The number of rotatable bonds is 5. The average molecular weight is 383 g/mol. The van der Waals surface area contributed by atoms with Crippen LogP contribution in [0.15, 0.2) is 30.5 Å². The van der Waals surface area contributed by atoms with Crippen molar-refractivity contribution in [3.63, 3.8) is 0 Å². The van der Waals surface area contributed by atoms with Crippen LogP contribution in [-0.2, 0) is 4.79 Å². The number of hydrogen-bond donors (Lipinski definition) is 2. The van der Waals surface area contributed by atoms with E-state index in [-0.39, 0.29) is 12.1 Å². The Morgan fingerprint density at radius 2 is 2.11 bits per heavy atom. The molecule has 7 heteroatoms. The number of nitrogens with zero attached hydrogens (tertiary/aromatic N) is 3. The van der Waals surface area contributed by atoms with Crippen LogP contribution in [0.4, 0.5) is 5.69 Å². The number of carbonyl (C=O) groups is 1. The zero-order valence-electron chi connectivity index (χ0n) is 16.4. The van der Waals surface area contributed by atoms with Crippen LogP contribution >= 0.6 is 0 Å². The van der Waals surface area contributed by atoms with Crippen molar-refractivity contribution in [1.29, 1.82) is 0 Å². The zero-order chi connectivity index (χ0) is 19.5. The van der Waals surface area contributed by atoms with Gasteiger partial charge in [0.1, 0.15) is 5.75 Å². The van der Waals surface area contributed by atoms with E-state index in [0.717, 1.165) is 67.7 Å². The van der Waals surface area contributed by atoms with E-state index < -0.39 is 0 Å². The van der Waals surface area contributed by atoms with Gasteiger partial charge in [-0.1, -0.05) is 0 Å². The van der Waals surface area contributed by atoms with E-state index in [1.165, 1.54) is 0 Å². The summed E-state index contributed by atoms with van der Waals surface area (Å²) >= 11 is 0. The fourth-order valence-electron chi connectivity index (χ4n) is 4.23. The van der Waals surface area contributed by atoms with Crippen molar-refractivity contribution in [2.24, 2.45) is 5.73 Å². The molecule has 2 saturated heterocycles. The third kappa shape index (κ3) is 4.05. The Morgan fingerprint density at radius 3 is 2.82 bits per heavy atom. The number of fused-ring (bicyclic) bond motifs is 1. The van der Waals surface area contributed by atoms with Gasteiger partial charge in [-0.2, -0.15) is 0 Å². The highest BCUT2D eigenvalue weighted by molar-refractivity contribution is 5.92. The van der Waals surface area contributed by atoms with Gasteiger partial charge in [0.15, 0.2) is 0 Å². The van der Waals surface area contributed by atoms with Gasteiger partial charge in [-0.25, -0.2) is 0 Å². The van der Waals surface area contributed by atoms with Crippen LogP contribution in [-0.4, -0.2) is 66.2 Å². The molecule has 2 fully saturated rings. The number of pyridine rings is 1. The highest BCUT2D eigenvalue weighted by Crippen LogP contribution is 2.29. The third-order valence-corrected chi connectivity index (χ3v) is 5.86. The molecule has 150 valence electrons. The largest absolute Gasteiger partial charge is 0.497 e. The minimum absolute atomic E-state index is 0.0957. The Morgan fingerprint density at radius 1 is 1.29 bits per heavy atom. The molecule has 3 heterocycles. The summed E-state index contributed by atoms with van der Waals surface area (Å²) in [6.45, 7) is 3.10. The van der Waals surface area contributed by atoms with Crippen LogP contribution in [0.5, 0.6) is 5.75 Å². The summed E-state index contributed by atoms with van der Waals surface area (Å²) in [6.07, 6.45) is 5.63. The molecule has 2 aliphatic rings. The maximum absolute atomic E-state index is 12.5. The monoisotopic (exact) mass is 383 g/mol.